The third-order valence-corrected chi connectivity index (χ3v) is 5.01. The summed E-state index contributed by atoms with van der Waals surface area (Å²) < 4.78 is 12.0. The van der Waals surface area contributed by atoms with Crippen LogP contribution in [0.25, 0.3) is 10.2 Å². The maximum Gasteiger partial charge on any atom is 0.296 e. The van der Waals surface area contributed by atoms with E-state index < -0.39 is 0 Å². The number of para-hydroxylation sites is 1. The van der Waals surface area contributed by atoms with Gasteiger partial charge in [0.05, 0.1) is 24.1 Å². The summed E-state index contributed by atoms with van der Waals surface area (Å²) in [7, 11) is 0. The molecular formula is C20H17N3O3S. The number of hydrogen-bond donors (Lipinski definition) is 0. The monoisotopic (exact) mass is 379 g/mol. The fourth-order valence-electron chi connectivity index (χ4n) is 2.73. The molecule has 6 nitrogen and oxygen atoms in total. The first kappa shape index (κ1) is 17.2. The van der Waals surface area contributed by atoms with Crippen molar-refractivity contribution in [2.45, 2.75) is 13.5 Å². The highest BCUT2D eigenvalue weighted by atomic mass is 32.1. The predicted octanol–water partition coefficient (Wildman–Crippen LogP) is 4.53. The fraction of sp³-hybridized carbons (Fsp3) is 0.150. The lowest BCUT2D eigenvalue weighted by molar-refractivity contribution is 0.0958. The Labute approximate surface area is 160 Å². The number of carbonyl (C=O) groups excluding carboxylic acids is 1. The zero-order valence-electron chi connectivity index (χ0n) is 14.7. The van der Waals surface area contributed by atoms with Gasteiger partial charge in [0.1, 0.15) is 11.3 Å². The highest BCUT2D eigenvalue weighted by molar-refractivity contribution is 7.22. The number of nitrogens with zero attached hydrogens (tertiary/aromatic N) is 3. The minimum absolute atomic E-state index is 0.242. The van der Waals surface area contributed by atoms with Crippen LogP contribution < -0.4 is 9.64 Å². The normalized spacial score (nSPS) is 10.9. The zero-order valence-corrected chi connectivity index (χ0v) is 15.5. The van der Waals surface area contributed by atoms with Gasteiger partial charge in [-0.3, -0.25) is 14.7 Å². The number of thiazole rings is 1. The average molecular weight is 379 g/mol. The number of furan rings is 1. The molecule has 1 aromatic carbocycles. The Morgan fingerprint density at radius 1 is 1.19 bits per heavy atom. The van der Waals surface area contributed by atoms with Crippen molar-refractivity contribution in [1.82, 2.24) is 9.97 Å². The van der Waals surface area contributed by atoms with E-state index in [1.807, 2.05) is 37.3 Å². The van der Waals surface area contributed by atoms with Gasteiger partial charge in [0.15, 0.2) is 10.9 Å². The summed E-state index contributed by atoms with van der Waals surface area (Å²) in [6.45, 7) is 2.85. The molecule has 0 aliphatic heterocycles. The Morgan fingerprint density at radius 3 is 2.78 bits per heavy atom. The van der Waals surface area contributed by atoms with Gasteiger partial charge in [-0.15, -0.1) is 0 Å². The Hall–Kier alpha value is -3.19. The van der Waals surface area contributed by atoms with Crippen molar-refractivity contribution in [2.24, 2.45) is 0 Å². The molecule has 0 saturated carbocycles. The first-order valence-corrected chi connectivity index (χ1v) is 9.34. The molecule has 4 aromatic rings. The number of anilines is 1. The summed E-state index contributed by atoms with van der Waals surface area (Å²) in [5.74, 6) is 0.744. The van der Waals surface area contributed by atoms with Gasteiger partial charge in [0.25, 0.3) is 5.91 Å². The Kier molecular flexibility index (Phi) is 4.84. The lowest BCUT2D eigenvalue weighted by Gasteiger charge is -2.18. The van der Waals surface area contributed by atoms with Gasteiger partial charge in [-0.05, 0) is 48.9 Å². The van der Waals surface area contributed by atoms with Gasteiger partial charge in [0, 0.05) is 12.4 Å². The van der Waals surface area contributed by atoms with Crippen LogP contribution in [0, 0.1) is 0 Å². The molecular weight excluding hydrogens is 362 g/mol. The minimum Gasteiger partial charge on any atom is -0.492 e. The van der Waals surface area contributed by atoms with Gasteiger partial charge in [-0.1, -0.05) is 17.4 Å². The number of rotatable bonds is 6. The van der Waals surface area contributed by atoms with E-state index in [0.29, 0.717) is 24.0 Å². The Morgan fingerprint density at radius 2 is 2.04 bits per heavy atom. The molecule has 0 atom stereocenters. The molecule has 0 aliphatic carbocycles. The van der Waals surface area contributed by atoms with Crippen molar-refractivity contribution < 1.29 is 13.9 Å². The second-order valence-corrected chi connectivity index (χ2v) is 6.77. The van der Waals surface area contributed by atoms with Crippen molar-refractivity contribution in [3.05, 3.63) is 72.4 Å². The van der Waals surface area contributed by atoms with E-state index in [2.05, 4.69) is 4.98 Å². The van der Waals surface area contributed by atoms with Crippen molar-refractivity contribution in [3.8, 4) is 5.75 Å². The largest absolute Gasteiger partial charge is 0.492 e. The van der Waals surface area contributed by atoms with Gasteiger partial charge in [-0.25, -0.2) is 4.98 Å². The van der Waals surface area contributed by atoms with E-state index in [-0.39, 0.29) is 11.7 Å². The summed E-state index contributed by atoms with van der Waals surface area (Å²) in [5, 5.41) is 0.593. The second kappa shape index (κ2) is 7.59. The third kappa shape index (κ3) is 3.54. The summed E-state index contributed by atoms with van der Waals surface area (Å²) >= 11 is 1.45. The molecule has 0 fully saturated rings. The van der Waals surface area contributed by atoms with Crippen LogP contribution in [0.5, 0.6) is 5.75 Å². The number of fused-ring (bicyclic) bond motifs is 1. The van der Waals surface area contributed by atoms with Crippen molar-refractivity contribution in [1.29, 1.82) is 0 Å². The Bertz CT molecular complexity index is 1040. The summed E-state index contributed by atoms with van der Waals surface area (Å²) in [6.07, 6.45) is 4.90. The molecule has 0 N–H and O–H groups in total. The standard InChI is InChI=1S/C20H17N3O3S/c1-2-25-15-5-3-7-17-18(15)22-20(27-17)23(13-14-8-10-21-11-9-14)19(24)16-6-4-12-26-16/h3-12H,2,13H2,1H3. The quantitative estimate of drug-likeness (QED) is 0.492. The fourth-order valence-corrected chi connectivity index (χ4v) is 3.71. The average Bonchev–Trinajstić information content (AvgIpc) is 3.37. The van der Waals surface area contributed by atoms with E-state index >= 15 is 0 Å². The number of ether oxygens (including phenoxy) is 1. The van der Waals surface area contributed by atoms with E-state index in [9.17, 15) is 4.79 Å². The lowest BCUT2D eigenvalue weighted by atomic mass is 10.2. The van der Waals surface area contributed by atoms with Crippen LogP contribution in [0.1, 0.15) is 23.0 Å². The SMILES string of the molecule is CCOc1cccc2sc(N(Cc3ccncc3)C(=O)c3ccco3)nc12. The molecule has 7 heteroatoms. The smallest absolute Gasteiger partial charge is 0.296 e. The van der Waals surface area contributed by atoms with Gasteiger partial charge < -0.3 is 9.15 Å². The topological polar surface area (TPSA) is 68.5 Å². The van der Waals surface area contributed by atoms with Crippen LogP contribution in [0.2, 0.25) is 0 Å². The van der Waals surface area contributed by atoms with Crippen molar-refractivity contribution in [2.75, 3.05) is 11.5 Å². The Balaban J connectivity index is 1.77. The highest BCUT2D eigenvalue weighted by Gasteiger charge is 2.24. The van der Waals surface area contributed by atoms with E-state index in [0.717, 1.165) is 15.8 Å². The molecule has 136 valence electrons. The zero-order chi connectivity index (χ0) is 18.6. The molecule has 3 heterocycles. The molecule has 0 spiro atoms. The van der Waals surface area contributed by atoms with Crippen molar-refractivity contribution in [3.63, 3.8) is 0 Å². The molecule has 0 unspecified atom stereocenters. The van der Waals surface area contributed by atoms with Gasteiger partial charge in [0.2, 0.25) is 0 Å². The maximum absolute atomic E-state index is 13.1. The number of amides is 1. The molecule has 0 radical (unpaired) electrons. The molecule has 1 amide bonds. The van der Waals surface area contributed by atoms with Crippen LogP contribution in [0.15, 0.2) is 65.5 Å². The van der Waals surface area contributed by atoms with Gasteiger partial charge >= 0.3 is 0 Å². The first-order chi connectivity index (χ1) is 13.3. The molecule has 0 saturated heterocycles. The van der Waals surface area contributed by atoms with Crippen LogP contribution in [0.4, 0.5) is 5.13 Å². The van der Waals surface area contributed by atoms with Crippen LogP contribution in [-0.4, -0.2) is 22.5 Å². The summed E-state index contributed by atoms with van der Waals surface area (Å²) in [5.41, 5.74) is 1.71. The highest BCUT2D eigenvalue weighted by Crippen LogP contribution is 2.35. The van der Waals surface area contributed by atoms with E-state index in [1.165, 1.54) is 17.6 Å². The molecule has 4 rings (SSSR count). The second-order valence-electron chi connectivity index (χ2n) is 5.76. The first-order valence-electron chi connectivity index (χ1n) is 8.53. The summed E-state index contributed by atoms with van der Waals surface area (Å²) in [4.78, 5) is 23.4. The molecule has 27 heavy (non-hydrogen) atoms. The third-order valence-electron chi connectivity index (χ3n) is 3.97. The maximum atomic E-state index is 13.1. The van der Waals surface area contributed by atoms with Gasteiger partial charge in [-0.2, -0.15) is 0 Å². The number of aromatic nitrogens is 2. The van der Waals surface area contributed by atoms with E-state index in [1.54, 1.807) is 29.4 Å². The van der Waals surface area contributed by atoms with Crippen LogP contribution in [0.3, 0.4) is 0 Å². The number of pyridine rings is 1. The molecule has 0 bridgehead atoms. The summed E-state index contributed by atoms with van der Waals surface area (Å²) in [6, 6.07) is 12.9. The number of carbonyl (C=O) groups is 1. The molecule has 3 aromatic heterocycles. The molecule has 0 aliphatic rings. The minimum atomic E-state index is -0.242. The predicted molar refractivity (Wildman–Crippen MR) is 104 cm³/mol. The number of benzene rings is 1. The van der Waals surface area contributed by atoms with Crippen LogP contribution in [-0.2, 0) is 6.54 Å². The lowest BCUT2D eigenvalue weighted by Crippen LogP contribution is -2.30. The van der Waals surface area contributed by atoms with Crippen LogP contribution >= 0.6 is 11.3 Å². The van der Waals surface area contributed by atoms with E-state index in [4.69, 9.17) is 14.1 Å². The van der Waals surface area contributed by atoms with Crippen molar-refractivity contribution >= 4 is 32.6 Å². The number of hydrogen-bond acceptors (Lipinski definition) is 6.